The monoisotopic (exact) mass is 283 g/mol. The Hall–Kier alpha value is -2.32. The summed E-state index contributed by atoms with van der Waals surface area (Å²) in [5, 5.41) is 12.2. The summed E-state index contributed by atoms with van der Waals surface area (Å²) < 4.78 is 0. The Morgan fingerprint density at radius 1 is 1.35 bits per heavy atom. The molecule has 1 amide bonds. The summed E-state index contributed by atoms with van der Waals surface area (Å²) in [7, 11) is 0. The first-order valence-electron chi connectivity index (χ1n) is 6.08. The number of hydrogen-bond donors (Lipinski definition) is 1. The van der Waals surface area contributed by atoms with Crippen LogP contribution in [0, 0.1) is 11.3 Å². The lowest BCUT2D eigenvalue weighted by molar-refractivity contribution is -0.115. The Balaban J connectivity index is 1.99. The Bertz CT molecular complexity index is 637. The second-order valence-corrected chi connectivity index (χ2v) is 5.47. The van der Waals surface area contributed by atoms with Crippen LogP contribution in [-0.4, -0.2) is 16.1 Å². The van der Waals surface area contributed by atoms with E-state index in [0.717, 1.165) is 5.03 Å². The predicted molar refractivity (Wildman–Crippen MR) is 79.3 cm³/mol. The highest BCUT2D eigenvalue weighted by Gasteiger charge is 2.15. The molecule has 1 heterocycles. The second kappa shape index (κ2) is 6.73. The Kier molecular flexibility index (Phi) is 4.75. The molecule has 4 nitrogen and oxygen atoms in total. The van der Waals surface area contributed by atoms with Crippen LogP contribution in [0.2, 0.25) is 0 Å². The maximum Gasteiger partial charge on any atom is 0.237 e. The van der Waals surface area contributed by atoms with Gasteiger partial charge in [-0.05, 0) is 37.3 Å². The van der Waals surface area contributed by atoms with Crippen molar-refractivity contribution in [3.8, 4) is 6.07 Å². The molecular weight excluding hydrogens is 270 g/mol. The number of benzene rings is 1. The molecule has 0 spiro atoms. The molecule has 0 saturated carbocycles. The molecule has 2 aromatic rings. The maximum atomic E-state index is 12.1. The molecule has 1 N–H and O–H groups in total. The highest BCUT2D eigenvalue weighted by Crippen LogP contribution is 2.21. The number of nitriles is 1. The third-order valence-corrected chi connectivity index (χ3v) is 3.61. The first-order chi connectivity index (χ1) is 9.69. The van der Waals surface area contributed by atoms with Crippen molar-refractivity contribution in [2.75, 3.05) is 5.32 Å². The summed E-state index contributed by atoms with van der Waals surface area (Å²) in [6.45, 7) is 1.82. The molecule has 0 radical (unpaired) electrons. The van der Waals surface area contributed by atoms with Crippen LogP contribution in [0.25, 0.3) is 0 Å². The molecule has 2 rings (SSSR count). The Morgan fingerprint density at radius 3 is 2.90 bits per heavy atom. The van der Waals surface area contributed by atoms with Gasteiger partial charge in [0.1, 0.15) is 0 Å². The summed E-state index contributed by atoms with van der Waals surface area (Å²) in [6, 6.07) is 14.5. The molecule has 0 aliphatic rings. The summed E-state index contributed by atoms with van der Waals surface area (Å²) in [6.07, 6.45) is 1.70. The molecule has 0 saturated heterocycles. The van der Waals surface area contributed by atoms with Crippen LogP contribution in [-0.2, 0) is 4.79 Å². The molecule has 0 unspecified atom stereocenters. The van der Waals surface area contributed by atoms with Crippen molar-refractivity contribution >= 4 is 23.4 Å². The average molecular weight is 283 g/mol. The maximum absolute atomic E-state index is 12.1. The minimum Gasteiger partial charge on any atom is -0.325 e. The van der Waals surface area contributed by atoms with Gasteiger partial charge in [-0.2, -0.15) is 5.26 Å². The number of nitrogens with zero attached hydrogens (tertiary/aromatic N) is 2. The van der Waals surface area contributed by atoms with E-state index in [0.29, 0.717) is 11.3 Å². The zero-order valence-corrected chi connectivity index (χ0v) is 11.7. The Labute approximate surface area is 121 Å². The van der Waals surface area contributed by atoms with Crippen molar-refractivity contribution in [1.82, 2.24) is 4.98 Å². The van der Waals surface area contributed by atoms with Gasteiger partial charge in [-0.25, -0.2) is 4.98 Å². The highest BCUT2D eigenvalue weighted by atomic mass is 32.2. The molecule has 1 aromatic carbocycles. The van der Waals surface area contributed by atoms with Gasteiger partial charge in [-0.15, -0.1) is 0 Å². The normalized spacial score (nSPS) is 11.4. The third kappa shape index (κ3) is 3.84. The average Bonchev–Trinajstić information content (AvgIpc) is 2.48. The van der Waals surface area contributed by atoms with Gasteiger partial charge < -0.3 is 5.32 Å². The van der Waals surface area contributed by atoms with Gasteiger partial charge in [-0.3, -0.25) is 4.79 Å². The summed E-state index contributed by atoms with van der Waals surface area (Å²) >= 11 is 1.39. The van der Waals surface area contributed by atoms with Crippen molar-refractivity contribution in [2.45, 2.75) is 17.2 Å². The molecule has 0 aliphatic heterocycles. The van der Waals surface area contributed by atoms with Crippen LogP contribution in [0.5, 0.6) is 0 Å². The highest BCUT2D eigenvalue weighted by molar-refractivity contribution is 8.00. The molecule has 0 fully saturated rings. The van der Waals surface area contributed by atoms with E-state index < -0.39 is 0 Å². The lowest BCUT2D eigenvalue weighted by atomic mass is 10.2. The van der Waals surface area contributed by atoms with E-state index in [9.17, 15) is 4.79 Å². The van der Waals surface area contributed by atoms with Crippen LogP contribution < -0.4 is 5.32 Å². The number of carbonyl (C=O) groups excluding carboxylic acids is 1. The van der Waals surface area contributed by atoms with Crippen LogP contribution in [0.3, 0.4) is 0 Å². The van der Waals surface area contributed by atoms with Gasteiger partial charge in [0.25, 0.3) is 0 Å². The van der Waals surface area contributed by atoms with E-state index in [-0.39, 0.29) is 11.2 Å². The topological polar surface area (TPSA) is 65.8 Å². The first-order valence-corrected chi connectivity index (χ1v) is 6.96. The van der Waals surface area contributed by atoms with Crippen molar-refractivity contribution in [2.24, 2.45) is 0 Å². The van der Waals surface area contributed by atoms with Crippen molar-refractivity contribution in [1.29, 1.82) is 5.26 Å². The molecule has 1 aromatic heterocycles. The van der Waals surface area contributed by atoms with Crippen LogP contribution in [0.15, 0.2) is 53.7 Å². The van der Waals surface area contributed by atoms with E-state index in [1.807, 2.05) is 31.2 Å². The number of nitrogens with one attached hydrogen (secondary N) is 1. The SMILES string of the molecule is C[C@@H](Sc1ccccn1)C(=O)Nc1cccc(C#N)c1. The summed E-state index contributed by atoms with van der Waals surface area (Å²) in [4.78, 5) is 16.2. The number of amides is 1. The molecular formula is C15H13N3OS. The number of anilines is 1. The van der Waals surface area contributed by atoms with Gasteiger partial charge in [0.15, 0.2) is 0 Å². The number of thioether (sulfide) groups is 1. The number of hydrogen-bond acceptors (Lipinski definition) is 4. The number of pyridine rings is 1. The van der Waals surface area contributed by atoms with Crippen molar-refractivity contribution in [3.63, 3.8) is 0 Å². The third-order valence-electron chi connectivity index (χ3n) is 2.56. The smallest absolute Gasteiger partial charge is 0.237 e. The van der Waals surface area contributed by atoms with E-state index in [1.165, 1.54) is 11.8 Å². The van der Waals surface area contributed by atoms with E-state index in [1.54, 1.807) is 30.5 Å². The van der Waals surface area contributed by atoms with Crippen LogP contribution in [0.4, 0.5) is 5.69 Å². The Morgan fingerprint density at radius 2 is 2.20 bits per heavy atom. The molecule has 20 heavy (non-hydrogen) atoms. The van der Waals surface area contributed by atoms with Gasteiger partial charge in [-0.1, -0.05) is 23.9 Å². The van der Waals surface area contributed by atoms with Gasteiger partial charge in [0.05, 0.1) is 21.9 Å². The second-order valence-electron chi connectivity index (χ2n) is 4.11. The number of aromatic nitrogens is 1. The largest absolute Gasteiger partial charge is 0.325 e. The van der Waals surface area contributed by atoms with E-state index in [2.05, 4.69) is 10.3 Å². The fourth-order valence-corrected chi connectivity index (χ4v) is 2.37. The lowest BCUT2D eigenvalue weighted by Gasteiger charge is -2.11. The number of carbonyl (C=O) groups is 1. The lowest BCUT2D eigenvalue weighted by Crippen LogP contribution is -2.22. The standard InChI is InChI=1S/C15H13N3OS/c1-11(20-14-7-2-3-8-17-14)15(19)18-13-6-4-5-12(9-13)10-16/h2-9,11H,1H3,(H,18,19)/t11-/m1/s1. The van der Waals surface area contributed by atoms with E-state index in [4.69, 9.17) is 5.26 Å². The molecule has 0 bridgehead atoms. The number of rotatable bonds is 4. The van der Waals surface area contributed by atoms with E-state index >= 15 is 0 Å². The molecule has 100 valence electrons. The quantitative estimate of drug-likeness (QED) is 0.876. The van der Waals surface area contributed by atoms with Gasteiger partial charge in [0, 0.05) is 11.9 Å². The summed E-state index contributed by atoms with van der Waals surface area (Å²) in [5.74, 6) is -0.115. The minimum atomic E-state index is -0.268. The van der Waals surface area contributed by atoms with Crippen molar-refractivity contribution < 1.29 is 4.79 Å². The fourth-order valence-electron chi connectivity index (χ4n) is 1.56. The minimum absolute atomic E-state index is 0.115. The zero-order chi connectivity index (χ0) is 14.4. The van der Waals surface area contributed by atoms with Gasteiger partial charge in [0.2, 0.25) is 5.91 Å². The van der Waals surface area contributed by atoms with Crippen LogP contribution >= 0.6 is 11.8 Å². The molecule has 5 heteroatoms. The fraction of sp³-hybridized carbons (Fsp3) is 0.133. The van der Waals surface area contributed by atoms with Crippen molar-refractivity contribution in [3.05, 3.63) is 54.2 Å². The first kappa shape index (κ1) is 14.1. The van der Waals surface area contributed by atoms with Crippen LogP contribution in [0.1, 0.15) is 12.5 Å². The predicted octanol–water partition coefficient (Wildman–Crippen LogP) is 3.07. The zero-order valence-electron chi connectivity index (χ0n) is 10.9. The molecule has 0 aliphatic carbocycles. The summed E-state index contributed by atoms with van der Waals surface area (Å²) in [5.41, 5.74) is 1.15. The molecule has 1 atom stereocenters. The van der Waals surface area contributed by atoms with Gasteiger partial charge >= 0.3 is 0 Å².